The lowest BCUT2D eigenvalue weighted by Gasteiger charge is -2.35. The molecule has 3 amide bonds. The van der Waals surface area contributed by atoms with E-state index < -0.39 is 11.9 Å². The summed E-state index contributed by atoms with van der Waals surface area (Å²) in [5.74, 6) is 2.33. The van der Waals surface area contributed by atoms with Crippen molar-refractivity contribution in [3.63, 3.8) is 0 Å². The van der Waals surface area contributed by atoms with Crippen molar-refractivity contribution in [2.45, 2.75) is 38.5 Å². The Morgan fingerprint density at radius 1 is 1.09 bits per heavy atom. The number of thioether (sulfide) groups is 1. The standard InChI is InChI=1S/C24H30N6O3S/c1-17-11-18(2)14-29(13-17)23-27-28-24(30(23)15-20-9-6-10-33-20)34-16-21(31)26-22(32)25-12-19-7-4-3-5-8-19/h3-10,17-18H,11-16H2,1-2H3,(H2,25,26,31,32). The fraction of sp³-hybridized carbons (Fsp3) is 0.417. The number of furan rings is 1. The molecule has 3 heterocycles. The maximum atomic E-state index is 12.4. The molecule has 10 heteroatoms. The Morgan fingerprint density at radius 2 is 1.85 bits per heavy atom. The highest BCUT2D eigenvalue weighted by molar-refractivity contribution is 7.99. The van der Waals surface area contributed by atoms with Crippen LogP contribution in [-0.2, 0) is 17.9 Å². The van der Waals surface area contributed by atoms with Crippen molar-refractivity contribution >= 4 is 29.6 Å². The summed E-state index contributed by atoms with van der Waals surface area (Å²) in [4.78, 5) is 26.7. The smallest absolute Gasteiger partial charge is 0.321 e. The number of benzene rings is 1. The number of hydrogen-bond acceptors (Lipinski definition) is 7. The van der Waals surface area contributed by atoms with Crippen LogP contribution in [0.3, 0.4) is 0 Å². The van der Waals surface area contributed by atoms with Crippen LogP contribution in [-0.4, -0.2) is 45.5 Å². The molecule has 34 heavy (non-hydrogen) atoms. The third-order valence-electron chi connectivity index (χ3n) is 5.62. The van der Waals surface area contributed by atoms with Crippen LogP contribution in [0.1, 0.15) is 31.6 Å². The third-order valence-corrected chi connectivity index (χ3v) is 6.59. The number of aromatic nitrogens is 3. The van der Waals surface area contributed by atoms with E-state index in [1.807, 2.05) is 47.0 Å². The Kier molecular flexibility index (Phi) is 7.89. The monoisotopic (exact) mass is 482 g/mol. The Bertz CT molecular complexity index is 1080. The number of urea groups is 1. The summed E-state index contributed by atoms with van der Waals surface area (Å²) in [6, 6.07) is 12.7. The van der Waals surface area contributed by atoms with Crippen LogP contribution in [0.25, 0.3) is 0 Å². The highest BCUT2D eigenvalue weighted by Crippen LogP contribution is 2.29. The van der Waals surface area contributed by atoms with E-state index in [4.69, 9.17) is 4.42 Å². The minimum Gasteiger partial charge on any atom is -0.467 e. The highest BCUT2D eigenvalue weighted by Gasteiger charge is 2.27. The number of anilines is 1. The summed E-state index contributed by atoms with van der Waals surface area (Å²) in [6.07, 6.45) is 2.83. The lowest BCUT2D eigenvalue weighted by Crippen LogP contribution is -2.40. The van der Waals surface area contributed by atoms with Gasteiger partial charge in [-0.15, -0.1) is 10.2 Å². The van der Waals surface area contributed by atoms with Gasteiger partial charge >= 0.3 is 6.03 Å². The topological polar surface area (TPSA) is 105 Å². The number of imide groups is 1. The molecule has 9 nitrogen and oxygen atoms in total. The average Bonchev–Trinajstić information content (AvgIpc) is 3.47. The largest absolute Gasteiger partial charge is 0.467 e. The Hall–Kier alpha value is -3.27. The number of hydrogen-bond donors (Lipinski definition) is 2. The van der Waals surface area contributed by atoms with Gasteiger partial charge in [-0.05, 0) is 36.0 Å². The highest BCUT2D eigenvalue weighted by atomic mass is 32.2. The zero-order chi connectivity index (χ0) is 23.9. The fourth-order valence-electron chi connectivity index (χ4n) is 4.26. The molecule has 4 rings (SSSR count). The molecule has 0 radical (unpaired) electrons. The molecule has 2 atom stereocenters. The Balaban J connectivity index is 1.38. The molecule has 2 aromatic heterocycles. The maximum absolute atomic E-state index is 12.4. The lowest BCUT2D eigenvalue weighted by molar-refractivity contribution is -0.117. The van der Waals surface area contributed by atoms with E-state index in [0.29, 0.717) is 30.1 Å². The lowest BCUT2D eigenvalue weighted by atomic mass is 9.92. The maximum Gasteiger partial charge on any atom is 0.321 e. The number of nitrogens with zero attached hydrogens (tertiary/aromatic N) is 4. The molecule has 1 fully saturated rings. The molecule has 3 aromatic rings. The van der Waals surface area contributed by atoms with Crippen LogP contribution in [0.15, 0.2) is 58.3 Å². The third kappa shape index (κ3) is 6.40. The number of piperidine rings is 1. The summed E-state index contributed by atoms with van der Waals surface area (Å²) in [5.41, 5.74) is 0.958. The molecule has 2 unspecified atom stereocenters. The summed E-state index contributed by atoms with van der Waals surface area (Å²) < 4.78 is 7.53. The van der Waals surface area contributed by atoms with E-state index in [1.165, 1.54) is 18.2 Å². The summed E-state index contributed by atoms with van der Waals surface area (Å²) >= 11 is 1.25. The first kappa shape index (κ1) is 23.9. The van der Waals surface area contributed by atoms with Gasteiger partial charge in [0.05, 0.1) is 18.6 Å². The Labute approximate surface area is 203 Å². The van der Waals surface area contributed by atoms with E-state index in [1.54, 1.807) is 6.26 Å². The first-order valence-electron chi connectivity index (χ1n) is 11.4. The fourth-order valence-corrected chi connectivity index (χ4v) is 4.99. The van der Waals surface area contributed by atoms with Gasteiger partial charge < -0.3 is 14.6 Å². The van der Waals surface area contributed by atoms with Crippen LogP contribution >= 0.6 is 11.8 Å². The zero-order valence-corrected chi connectivity index (χ0v) is 20.3. The number of nitrogens with one attached hydrogen (secondary N) is 2. The number of carbonyl (C=O) groups excluding carboxylic acids is 2. The van der Waals surface area contributed by atoms with E-state index in [-0.39, 0.29) is 5.75 Å². The second-order valence-electron chi connectivity index (χ2n) is 8.80. The number of amides is 3. The van der Waals surface area contributed by atoms with Gasteiger partial charge in [0.2, 0.25) is 11.9 Å². The molecular weight excluding hydrogens is 452 g/mol. The molecule has 2 N–H and O–H groups in total. The summed E-state index contributed by atoms with van der Waals surface area (Å²) in [6.45, 7) is 7.13. The molecule has 1 aromatic carbocycles. The van der Waals surface area contributed by atoms with Gasteiger partial charge in [-0.25, -0.2) is 4.79 Å². The first-order chi connectivity index (χ1) is 16.5. The Morgan fingerprint density at radius 3 is 2.56 bits per heavy atom. The minimum absolute atomic E-state index is 0.0435. The van der Waals surface area contributed by atoms with Crippen molar-refractivity contribution in [3.8, 4) is 0 Å². The van der Waals surface area contributed by atoms with E-state index in [2.05, 4.69) is 39.6 Å². The van der Waals surface area contributed by atoms with Crippen molar-refractivity contribution in [2.24, 2.45) is 11.8 Å². The van der Waals surface area contributed by atoms with Gasteiger partial charge in [0.1, 0.15) is 5.76 Å². The molecule has 180 valence electrons. The van der Waals surface area contributed by atoms with Gasteiger partial charge in [0, 0.05) is 19.6 Å². The van der Waals surface area contributed by atoms with Crippen LogP contribution in [0.2, 0.25) is 0 Å². The van der Waals surface area contributed by atoms with Crippen molar-refractivity contribution in [1.82, 2.24) is 25.4 Å². The van der Waals surface area contributed by atoms with Crippen LogP contribution in [0, 0.1) is 11.8 Å². The molecule has 1 aliphatic heterocycles. The second kappa shape index (κ2) is 11.2. The van der Waals surface area contributed by atoms with E-state index in [0.717, 1.165) is 30.4 Å². The predicted molar refractivity (Wildman–Crippen MR) is 131 cm³/mol. The van der Waals surface area contributed by atoms with E-state index >= 15 is 0 Å². The molecule has 1 saturated heterocycles. The zero-order valence-electron chi connectivity index (χ0n) is 19.4. The second-order valence-corrected chi connectivity index (χ2v) is 9.75. The van der Waals surface area contributed by atoms with Gasteiger partial charge in [0.25, 0.3) is 0 Å². The van der Waals surface area contributed by atoms with Crippen LogP contribution in [0.4, 0.5) is 10.7 Å². The molecule has 0 saturated carbocycles. The quantitative estimate of drug-likeness (QED) is 0.473. The van der Waals surface area contributed by atoms with Crippen molar-refractivity contribution in [3.05, 3.63) is 60.1 Å². The van der Waals surface area contributed by atoms with Gasteiger partial charge in [-0.2, -0.15) is 0 Å². The van der Waals surface area contributed by atoms with Gasteiger partial charge in [0.15, 0.2) is 5.16 Å². The SMILES string of the molecule is CC1CC(C)CN(c2nnc(SCC(=O)NC(=O)NCc3ccccc3)n2Cc2ccco2)C1. The summed E-state index contributed by atoms with van der Waals surface area (Å²) in [5, 5.41) is 14.5. The summed E-state index contributed by atoms with van der Waals surface area (Å²) in [7, 11) is 0. The van der Waals surface area contributed by atoms with Gasteiger partial charge in [-0.3, -0.25) is 14.7 Å². The molecule has 1 aliphatic rings. The van der Waals surface area contributed by atoms with Crippen LogP contribution in [0.5, 0.6) is 0 Å². The minimum atomic E-state index is -0.525. The van der Waals surface area contributed by atoms with Crippen molar-refractivity contribution < 1.29 is 14.0 Å². The van der Waals surface area contributed by atoms with Crippen molar-refractivity contribution in [2.75, 3.05) is 23.7 Å². The number of rotatable bonds is 8. The number of carbonyl (C=O) groups is 2. The first-order valence-corrected chi connectivity index (χ1v) is 12.4. The van der Waals surface area contributed by atoms with E-state index in [9.17, 15) is 9.59 Å². The van der Waals surface area contributed by atoms with Gasteiger partial charge in [-0.1, -0.05) is 55.9 Å². The van der Waals surface area contributed by atoms with Crippen molar-refractivity contribution in [1.29, 1.82) is 0 Å². The normalized spacial score (nSPS) is 18.0. The predicted octanol–water partition coefficient (Wildman–Crippen LogP) is 3.52. The average molecular weight is 483 g/mol. The molecule has 0 aliphatic carbocycles. The molecular formula is C24H30N6O3S. The molecule has 0 spiro atoms. The molecule has 0 bridgehead atoms. The van der Waals surface area contributed by atoms with Crippen LogP contribution < -0.4 is 15.5 Å².